The van der Waals surface area contributed by atoms with Gasteiger partial charge in [-0.05, 0) is 12.8 Å². The monoisotopic (exact) mass is 391 g/mol. The van der Waals surface area contributed by atoms with Crippen LogP contribution in [0.15, 0.2) is 36.5 Å². The number of nitrogens with zero attached hydrogens (tertiary/aromatic N) is 6. The van der Waals surface area contributed by atoms with E-state index in [9.17, 15) is 0 Å². The summed E-state index contributed by atoms with van der Waals surface area (Å²) in [5.74, 6) is 3.16. The first-order valence-electron chi connectivity index (χ1n) is 9.86. The lowest BCUT2D eigenvalue weighted by molar-refractivity contribution is 0.847. The Balaban J connectivity index is 1.50. The van der Waals surface area contributed by atoms with Crippen LogP contribution < -0.4 is 10.6 Å². The Hall–Kier alpha value is -3.49. The van der Waals surface area contributed by atoms with E-state index < -0.39 is 0 Å². The van der Waals surface area contributed by atoms with E-state index in [2.05, 4.69) is 54.7 Å². The Bertz CT molecular complexity index is 1080. The predicted octanol–water partition coefficient (Wildman–Crippen LogP) is 3.12. The van der Waals surface area contributed by atoms with Gasteiger partial charge in [0, 0.05) is 30.6 Å². The molecule has 4 aromatic rings. The van der Waals surface area contributed by atoms with Crippen molar-refractivity contribution in [3.63, 3.8) is 0 Å². The molecule has 150 valence electrons. The number of benzene rings is 1. The predicted molar refractivity (Wildman–Crippen MR) is 113 cm³/mol. The van der Waals surface area contributed by atoms with Crippen LogP contribution >= 0.6 is 0 Å². The maximum atomic E-state index is 4.62. The molecule has 0 amide bonds. The fraction of sp³-hybridized carbons (Fsp3) is 0.350. The van der Waals surface area contributed by atoms with E-state index in [1.807, 2.05) is 43.5 Å². The zero-order valence-electron chi connectivity index (χ0n) is 16.8. The van der Waals surface area contributed by atoms with Crippen molar-refractivity contribution in [3.05, 3.63) is 47.9 Å². The second-order valence-electron chi connectivity index (χ2n) is 7.05. The first-order valence-corrected chi connectivity index (χ1v) is 9.86. The largest absolute Gasteiger partial charge is 0.354 e. The molecule has 0 saturated heterocycles. The van der Waals surface area contributed by atoms with Gasteiger partial charge in [0.2, 0.25) is 11.9 Å². The van der Waals surface area contributed by atoms with E-state index in [0.29, 0.717) is 30.8 Å². The summed E-state index contributed by atoms with van der Waals surface area (Å²) in [6.45, 7) is 7.68. The molecule has 0 radical (unpaired) electrons. The standard InChI is InChI=1S/C20H25N9/c1-4-21-19-25-18-15(13(2)3)12-23-29(18)20(26-19)22-11-10-16-24-17(28-27-16)14-8-6-5-7-9-14/h5-9,12-13H,4,10-11H2,1-3H3,(H,24,27,28)(H2,21,22,25,26). The summed E-state index contributed by atoms with van der Waals surface area (Å²) in [6.07, 6.45) is 2.54. The molecule has 0 aliphatic rings. The number of rotatable bonds is 8. The highest BCUT2D eigenvalue weighted by Crippen LogP contribution is 2.22. The van der Waals surface area contributed by atoms with Crippen LogP contribution in [0.1, 0.15) is 38.1 Å². The van der Waals surface area contributed by atoms with E-state index in [-0.39, 0.29) is 0 Å². The van der Waals surface area contributed by atoms with Crippen LogP contribution in [0.3, 0.4) is 0 Å². The van der Waals surface area contributed by atoms with Crippen molar-refractivity contribution in [3.8, 4) is 11.4 Å². The Kier molecular flexibility index (Phi) is 5.37. The second-order valence-corrected chi connectivity index (χ2v) is 7.05. The number of hydrogen-bond acceptors (Lipinski definition) is 7. The molecule has 0 bridgehead atoms. The molecule has 0 saturated carbocycles. The molecule has 0 fully saturated rings. The maximum Gasteiger partial charge on any atom is 0.229 e. The van der Waals surface area contributed by atoms with Gasteiger partial charge in [-0.1, -0.05) is 44.2 Å². The summed E-state index contributed by atoms with van der Waals surface area (Å²) >= 11 is 0. The topological polar surface area (TPSA) is 109 Å². The molecule has 9 nitrogen and oxygen atoms in total. The summed E-state index contributed by atoms with van der Waals surface area (Å²) in [5, 5.41) is 19.5. The molecule has 29 heavy (non-hydrogen) atoms. The van der Waals surface area contributed by atoms with Crippen molar-refractivity contribution in [2.24, 2.45) is 0 Å². The summed E-state index contributed by atoms with van der Waals surface area (Å²) in [7, 11) is 0. The van der Waals surface area contributed by atoms with Crippen LogP contribution in [0.25, 0.3) is 17.0 Å². The van der Waals surface area contributed by atoms with Gasteiger partial charge in [0.05, 0.1) is 6.20 Å². The zero-order chi connectivity index (χ0) is 20.2. The quantitative estimate of drug-likeness (QED) is 0.423. The van der Waals surface area contributed by atoms with E-state index >= 15 is 0 Å². The van der Waals surface area contributed by atoms with Crippen molar-refractivity contribution in [1.82, 2.24) is 34.8 Å². The van der Waals surface area contributed by atoms with E-state index in [1.165, 1.54) is 0 Å². The molecule has 3 heterocycles. The van der Waals surface area contributed by atoms with Gasteiger partial charge in [-0.2, -0.15) is 19.6 Å². The maximum absolute atomic E-state index is 4.62. The fourth-order valence-electron chi connectivity index (χ4n) is 3.08. The lowest BCUT2D eigenvalue weighted by Gasteiger charge is -2.10. The minimum Gasteiger partial charge on any atom is -0.354 e. The highest BCUT2D eigenvalue weighted by atomic mass is 15.4. The third-order valence-corrected chi connectivity index (χ3v) is 4.58. The van der Waals surface area contributed by atoms with Gasteiger partial charge in [0.1, 0.15) is 5.82 Å². The fourth-order valence-corrected chi connectivity index (χ4v) is 3.08. The first kappa shape index (κ1) is 18.9. The van der Waals surface area contributed by atoms with Crippen molar-refractivity contribution in [1.29, 1.82) is 0 Å². The Labute approximate surface area is 169 Å². The van der Waals surface area contributed by atoms with Gasteiger partial charge in [-0.15, -0.1) is 10.2 Å². The highest BCUT2D eigenvalue weighted by Gasteiger charge is 2.15. The molecular formula is C20H25N9. The number of fused-ring (bicyclic) bond motifs is 1. The van der Waals surface area contributed by atoms with Gasteiger partial charge in [-0.25, -0.2) is 0 Å². The summed E-state index contributed by atoms with van der Waals surface area (Å²) in [6, 6.07) is 9.96. The Morgan fingerprint density at radius 2 is 1.90 bits per heavy atom. The summed E-state index contributed by atoms with van der Waals surface area (Å²) in [4.78, 5) is 12.5. The second kappa shape index (κ2) is 8.26. The van der Waals surface area contributed by atoms with Gasteiger partial charge in [0.25, 0.3) is 0 Å². The minimum absolute atomic E-state index is 0.329. The molecular weight excluding hydrogens is 366 g/mol. The van der Waals surface area contributed by atoms with Crippen LogP contribution in [0.2, 0.25) is 0 Å². The number of hydrogen-bond donors (Lipinski definition) is 3. The zero-order valence-corrected chi connectivity index (χ0v) is 16.8. The molecule has 9 heteroatoms. The molecule has 3 N–H and O–H groups in total. The van der Waals surface area contributed by atoms with Crippen LogP contribution in [-0.2, 0) is 6.42 Å². The molecule has 3 aromatic heterocycles. The third-order valence-electron chi connectivity index (χ3n) is 4.58. The van der Waals surface area contributed by atoms with Crippen molar-refractivity contribution in [2.45, 2.75) is 33.1 Å². The lowest BCUT2D eigenvalue weighted by Crippen LogP contribution is -2.14. The molecule has 0 aliphatic heterocycles. The molecule has 0 aliphatic carbocycles. The third kappa shape index (κ3) is 4.03. The molecule has 0 unspecified atom stereocenters. The van der Waals surface area contributed by atoms with Crippen LogP contribution in [0, 0.1) is 0 Å². The van der Waals surface area contributed by atoms with Gasteiger partial charge < -0.3 is 15.6 Å². The molecule has 4 rings (SSSR count). The van der Waals surface area contributed by atoms with Gasteiger partial charge in [0.15, 0.2) is 11.5 Å². The van der Waals surface area contributed by atoms with Crippen LogP contribution in [0.4, 0.5) is 11.9 Å². The van der Waals surface area contributed by atoms with Crippen molar-refractivity contribution in [2.75, 3.05) is 23.7 Å². The lowest BCUT2D eigenvalue weighted by atomic mass is 10.1. The van der Waals surface area contributed by atoms with E-state index in [1.54, 1.807) is 4.52 Å². The first-order chi connectivity index (χ1) is 14.2. The summed E-state index contributed by atoms with van der Waals surface area (Å²) in [5.41, 5.74) is 2.93. The van der Waals surface area contributed by atoms with Crippen LogP contribution in [-0.4, -0.2) is 47.9 Å². The Morgan fingerprint density at radius 1 is 1.07 bits per heavy atom. The highest BCUT2D eigenvalue weighted by molar-refractivity contribution is 5.56. The SMILES string of the molecule is CCNc1nc(NCCc2nnc(-c3ccccc3)[nH]2)n2ncc(C(C)C)c2n1. The summed E-state index contributed by atoms with van der Waals surface area (Å²) < 4.78 is 1.76. The molecule has 0 atom stereocenters. The number of nitrogens with one attached hydrogen (secondary N) is 3. The van der Waals surface area contributed by atoms with Crippen molar-refractivity contribution >= 4 is 17.5 Å². The average molecular weight is 391 g/mol. The number of anilines is 2. The van der Waals surface area contributed by atoms with Crippen LogP contribution in [0.5, 0.6) is 0 Å². The minimum atomic E-state index is 0.329. The number of H-pyrrole nitrogens is 1. The van der Waals surface area contributed by atoms with E-state index in [4.69, 9.17) is 0 Å². The molecule has 0 spiro atoms. The normalized spacial score (nSPS) is 11.3. The number of aromatic amines is 1. The molecule has 1 aromatic carbocycles. The number of aromatic nitrogens is 7. The van der Waals surface area contributed by atoms with Crippen molar-refractivity contribution < 1.29 is 0 Å². The average Bonchev–Trinajstić information content (AvgIpc) is 3.36. The van der Waals surface area contributed by atoms with E-state index in [0.717, 1.165) is 35.0 Å². The smallest absolute Gasteiger partial charge is 0.229 e. The van der Waals surface area contributed by atoms with Gasteiger partial charge >= 0.3 is 0 Å². The Morgan fingerprint density at radius 3 is 2.66 bits per heavy atom. The van der Waals surface area contributed by atoms with Gasteiger partial charge in [-0.3, -0.25) is 0 Å².